The largest absolute Gasteiger partial charge is 0.493 e. The molecule has 3 rings (SSSR count). The molecule has 1 fully saturated rings. The van der Waals surface area contributed by atoms with Gasteiger partial charge in [0.25, 0.3) is 11.8 Å². The van der Waals surface area contributed by atoms with Gasteiger partial charge in [0.05, 0.1) is 19.2 Å². The van der Waals surface area contributed by atoms with Crippen LogP contribution < -0.4 is 20.3 Å². The number of amides is 2. The Labute approximate surface area is 191 Å². The third-order valence-corrected chi connectivity index (χ3v) is 7.44. The molecular formula is C21H24ClN3O6S. The van der Waals surface area contributed by atoms with Crippen LogP contribution in [-0.4, -0.2) is 51.8 Å². The van der Waals surface area contributed by atoms with E-state index in [0.717, 1.165) is 19.3 Å². The van der Waals surface area contributed by atoms with Crippen LogP contribution in [0.5, 0.6) is 11.5 Å². The highest BCUT2D eigenvalue weighted by atomic mass is 35.5. The first kappa shape index (κ1) is 23.8. The van der Waals surface area contributed by atoms with E-state index in [-0.39, 0.29) is 21.0 Å². The third kappa shape index (κ3) is 5.14. The summed E-state index contributed by atoms with van der Waals surface area (Å²) in [4.78, 5) is 24.8. The van der Waals surface area contributed by atoms with Crippen LogP contribution in [0.2, 0.25) is 5.02 Å². The van der Waals surface area contributed by atoms with Crippen LogP contribution in [0.15, 0.2) is 41.3 Å². The Morgan fingerprint density at radius 2 is 1.44 bits per heavy atom. The van der Waals surface area contributed by atoms with E-state index in [9.17, 15) is 18.0 Å². The molecule has 32 heavy (non-hydrogen) atoms. The van der Waals surface area contributed by atoms with Crippen molar-refractivity contribution in [3.63, 3.8) is 0 Å². The van der Waals surface area contributed by atoms with Gasteiger partial charge in [-0.05, 0) is 49.2 Å². The zero-order valence-electron chi connectivity index (χ0n) is 17.7. The standard InChI is InChI=1S/C21H24ClN3O6S/c1-30-17-9-7-14(12-18(17)31-2)20(26)23-24-21(27)15-6-8-16(22)19(13-15)32(28,29)25-10-4-3-5-11-25/h6-9,12-13H,3-5,10-11H2,1-2H3,(H,23,26)(H,24,27). The van der Waals surface area contributed by atoms with Gasteiger partial charge in [-0.2, -0.15) is 4.31 Å². The van der Waals surface area contributed by atoms with Crippen molar-refractivity contribution in [1.82, 2.24) is 15.2 Å². The number of carbonyl (C=O) groups is 2. The van der Waals surface area contributed by atoms with Crippen molar-refractivity contribution in [2.24, 2.45) is 0 Å². The number of nitrogens with zero attached hydrogens (tertiary/aromatic N) is 1. The monoisotopic (exact) mass is 481 g/mol. The SMILES string of the molecule is COc1ccc(C(=O)NNC(=O)c2ccc(Cl)c(S(=O)(=O)N3CCCCC3)c2)cc1OC. The zero-order valence-corrected chi connectivity index (χ0v) is 19.3. The van der Waals surface area contributed by atoms with Crippen LogP contribution >= 0.6 is 11.6 Å². The van der Waals surface area contributed by atoms with Gasteiger partial charge >= 0.3 is 0 Å². The summed E-state index contributed by atoms with van der Waals surface area (Å²) in [7, 11) is -0.911. The fourth-order valence-electron chi connectivity index (χ4n) is 3.32. The fourth-order valence-corrected chi connectivity index (χ4v) is 5.34. The number of sulfonamides is 1. The molecule has 1 heterocycles. The van der Waals surface area contributed by atoms with Crippen molar-refractivity contribution >= 4 is 33.4 Å². The Bertz CT molecular complexity index is 1120. The molecule has 0 atom stereocenters. The lowest BCUT2D eigenvalue weighted by Gasteiger charge is -2.26. The molecule has 172 valence electrons. The zero-order chi connectivity index (χ0) is 23.3. The van der Waals surface area contributed by atoms with Gasteiger partial charge in [-0.1, -0.05) is 18.0 Å². The second kappa shape index (κ2) is 10.2. The molecular weight excluding hydrogens is 458 g/mol. The predicted molar refractivity (Wildman–Crippen MR) is 119 cm³/mol. The van der Waals surface area contributed by atoms with Crippen molar-refractivity contribution in [3.05, 3.63) is 52.5 Å². The first-order valence-electron chi connectivity index (χ1n) is 9.90. The Morgan fingerprint density at radius 3 is 2.03 bits per heavy atom. The summed E-state index contributed by atoms with van der Waals surface area (Å²) in [5, 5.41) is 0.0292. The normalized spacial score (nSPS) is 14.5. The van der Waals surface area contributed by atoms with E-state index in [4.69, 9.17) is 21.1 Å². The van der Waals surface area contributed by atoms with Crippen LogP contribution in [0.25, 0.3) is 0 Å². The third-order valence-electron chi connectivity index (χ3n) is 5.06. The van der Waals surface area contributed by atoms with Gasteiger partial charge in [0.2, 0.25) is 10.0 Å². The van der Waals surface area contributed by atoms with Crippen molar-refractivity contribution in [1.29, 1.82) is 0 Å². The number of hydrazine groups is 1. The molecule has 1 aliphatic rings. The van der Waals surface area contributed by atoms with Crippen molar-refractivity contribution in [2.45, 2.75) is 24.2 Å². The van der Waals surface area contributed by atoms with Crippen molar-refractivity contribution < 1.29 is 27.5 Å². The second-order valence-electron chi connectivity index (χ2n) is 7.09. The van der Waals surface area contributed by atoms with E-state index in [1.54, 1.807) is 6.07 Å². The van der Waals surface area contributed by atoms with Crippen LogP contribution in [0.4, 0.5) is 0 Å². The first-order valence-corrected chi connectivity index (χ1v) is 11.7. The highest BCUT2D eigenvalue weighted by Crippen LogP contribution is 2.28. The molecule has 0 spiro atoms. The number of ether oxygens (including phenoxy) is 2. The van der Waals surface area contributed by atoms with E-state index in [2.05, 4.69) is 10.9 Å². The average molecular weight is 482 g/mol. The van der Waals surface area contributed by atoms with Gasteiger partial charge in [0.15, 0.2) is 11.5 Å². The van der Waals surface area contributed by atoms with Gasteiger partial charge in [-0.3, -0.25) is 20.4 Å². The van der Waals surface area contributed by atoms with E-state index in [0.29, 0.717) is 24.6 Å². The molecule has 2 aromatic rings. The summed E-state index contributed by atoms with van der Waals surface area (Å²) < 4.78 is 37.6. The lowest BCUT2D eigenvalue weighted by molar-refractivity contribution is 0.0846. The van der Waals surface area contributed by atoms with Gasteiger partial charge in [0, 0.05) is 24.2 Å². The smallest absolute Gasteiger partial charge is 0.269 e. The fraction of sp³-hybridized carbons (Fsp3) is 0.333. The number of hydrogen-bond acceptors (Lipinski definition) is 6. The molecule has 1 saturated heterocycles. The lowest BCUT2D eigenvalue weighted by atomic mass is 10.2. The maximum atomic E-state index is 13.0. The Kier molecular flexibility index (Phi) is 7.60. The summed E-state index contributed by atoms with van der Waals surface area (Å²) in [5.41, 5.74) is 4.84. The molecule has 9 nitrogen and oxygen atoms in total. The Morgan fingerprint density at radius 1 is 0.875 bits per heavy atom. The molecule has 0 radical (unpaired) electrons. The summed E-state index contributed by atoms with van der Waals surface area (Å²) in [5.74, 6) is -0.464. The first-order chi connectivity index (χ1) is 15.3. The maximum absolute atomic E-state index is 13.0. The number of hydrogen-bond donors (Lipinski definition) is 2. The minimum absolute atomic E-state index is 0.0292. The molecule has 0 unspecified atom stereocenters. The maximum Gasteiger partial charge on any atom is 0.269 e. The van der Waals surface area contributed by atoms with Gasteiger partial charge in [-0.25, -0.2) is 8.42 Å². The van der Waals surface area contributed by atoms with E-state index in [1.807, 2.05) is 0 Å². The lowest BCUT2D eigenvalue weighted by Crippen LogP contribution is -2.41. The number of rotatable bonds is 6. The minimum atomic E-state index is -3.83. The number of nitrogens with one attached hydrogen (secondary N) is 2. The molecule has 2 amide bonds. The average Bonchev–Trinajstić information content (AvgIpc) is 2.82. The quantitative estimate of drug-likeness (QED) is 0.613. The molecule has 0 aromatic heterocycles. The number of carbonyl (C=O) groups excluding carboxylic acids is 2. The minimum Gasteiger partial charge on any atom is -0.493 e. The van der Waals surface area contributed by atoms with Gasteiger partial charge in [0.1, 0.15) is 4.90 Å². The number of piperidine rings is 1. The number of benzene rings is 2. The number of methoxy groups -OCH3 is 2. The highest BCUT2D eigenvalue weighted by Gasteiger charge is 2.28. The molecule has 11 heteroatoms. The van der Waals surface area contributed by atoms with E-state index in [1.165, 1.54) is 48.9 Å². The van der Waals surface area contributed by atoms with Crippen molar-refractivity contribution in [3.8, 4) is 11.5 Å². The number of halogens is 1. The molecule has 0 aliphatic carbocycles. The van der Waals surface area contributed by atoms with E-state index >= 15 is 0 Å². The molecule has 2 N–H and O–H groups in total. The van der Waals surface area contributed by atoms with Crippen molar-refractivity contribution in [2.75, 3.05) is 27.3 Å². The topological polar surface area (TPSA) is 114 Å². The molecule has 0 saturated carbocycles. The van der Waals surface area contributed by atoms with Crippen LogP contribution in [0.3, 0.4) is 0 Å². The second-order valence-corrected chi connectivity index (χ2v) is 9.40. The predicted octanol–water partition coefficient (Wildman–Crippen LogP) is 2.61. The molecule has 1 aliphatic heterocycles. The summed E-state index contributed by atoms with van der Waals surface area (Å²) in [6.45, 7) is 0.826. The van der Waals surface area contributed by atoms with E-state index < -0.39 is 21.8 Å². The van der Waals surface area contributed by atoms with Crippen LogP contribution in [0.1, 0.15) is 40.0 Å². The van der Waals surface area contributed by atoms with Gasteiger partial charge < -0.3 is 9.47 Å². The van der Waals surface area contributed by atoms with Crippen LogP contribution in [-0.2, 0) is 10.0 Å². The summed E-state index contributed by atoms with van der Waals surface area (Å²) in [6.07, 6.45) is 2.53. The molecule has 2 aromatic carbocycles. The summed E-state index contributed by atoms with van der Waals surface area (Å²) >= 11 is 6.14. The highest BCUT2D eigenvalue weighted by molar-refractivity contribution is 7.89. The Balaban J connectivity index is 1.73. The Hall–Kier alpha value is -2.82. The van der Waals surface area contributed by atoms with Crippen LogP contribution in [0, 0.1) is 0 Å². The summed E-state index contributed by atoms with van der Waals surface area (Å²) in [6, 6.07) is 8.48. The molecule has 0 bridgehead atoms. The van der Waals surface area contributed by atoms with Gasteiger partial charge in [-0.15, -0.1) is 0 Å².